The Hall–Kier alpha value is -1.35. The number of halogens is 2. The van der Waals surface area contributed by atoms with Crippen LogP contribution in [0.3, 0.4) is 0 Å². The molecule has 0 spiro atoms. The maximum Gasteiger partial charge on any atom is 0.465 e. The van der Waals surface area contributed by atoms with E-state index in [2.05, 4.69) is 4.74 Å². The van der Waals surface area contributed by atoms with Crippen molar-refractivity contribution in [3.05, 3.63) is 0 Å². The lowest BCUT2D eigenvalue weighted by molar-refractivity contribution is -0.180. The first-order valence-corrected chi connectivity index (χ1v) is 7.79. The van der Waals surface area contributed by atoms with Gasteiger partial charge in [0.05, 0.1) is 6.07 Å². The maximum absolute atomic E-state index is 13.2. The van der Waals surface area contributed by atoms with E-state index >= 15 is 0 Å². The average molecular weight is 339 g/mol. The van der Waals surface area contributed by atoms with Gasteiger partial charge in [0.2, 0.25) is 0 Å². The Bertz CT molecular complexity index is 674. The van der Waals surface area contributed by atoms with E-state index in [4.69, 9.17) is 9.29 Å². The lowest BCUT2D eigenvalue weighted by atomic mass is 9.74. The molecule has 3 fully saturated rings. The molecule has 0 radical (unpaired) electrons. The van der Waals surface area contributed by atoms with Crippen LogP contribution in [0.25, 0.3) is 0 Å². The predicted molar refractivity (Wildman–Crippen MR) is 61.5 cm³/mol. The maximum atomic E-state index is 13.2. The van der Waals surface area contributed by atoms with Crippen molar-refractivity contribution in [3.63, 3.8) is 0 Å². The molecule has 2 saturated carbocycles. The molecule has 6 atom stereocenters. The van der Waals surface area contributed by atoms with Gasteiger partial charge in [-0.2, -0.15) is 22.5 Å². The van der Waals surface area contributed by atoms with E-state index in [0.29, 0.717) is 6.42 Å². The highest BCUT2D eigenvalue weighted by molar-refractivity contribution is 7.87. The second-order valence-electron chi connectivity index (χ2n) is 5.77. The molecule has 22 heavy (non-hydrogen) atoms. The van der Waals surface area contributed by atoms with Gasteiger partial charge in [-0.15, -0.1) is 0 Å². The number of aliphatic hydroxyl groups excluding tert-OH is 1. The van der Waals surface area contributed by atoms with Crippen LogP contribution < -0.4 is 0 Å². The minimum absolute atomic E-state index is 0.0984. The molecule has 1 heterocycles. The molecule has 11 heteroatoms. The number of esters is 1. The fourth-order valence-electron chi connectivity index (χ4n) is 3.75. The van der Waals surface area contributed by atoms with Crippen molar-refractivity contribution in [1.29, 1.82) is 5.26 Å². The van der Waals surface area contributed by atoms with Crippen molar-refractivity contribution in [1.82, 2.24) is 0 Å². The van der Waals surface area contributed by atoms with Crippen molar-refractivity contribution in [3.8, 4) is 6.07 Å². The summed E-state index contributed by atoms with van der Waals surface area (Å²) in [5.74, 6) is -3.37. The van der Waals surface area contributed by atoms with Crippen LogP contribution in [0.1, 0.15) is 12.8 Å². The SMILES string of the molecule is N#CC12CC3CC1C(OC2O)C3OC(=O)C(F)(F)S(=O)(=O)O. The van der Waals surface area contributed by atoms with Crippen LogP contribution >= 0.6 is 0 Å². The molecule has 0 aromatic carbocycles. The van der Waals surface area contributed by atoms with Gasteiger partial charge in [-0.1, -0.05) is 0 Å². The minimum atomic E-state index is -5.95. The molecule has 2 N–H and O–H groups in total. The zero-order valence-electron chi connectivity index (χ0n) is 10.8. The van der Waals surface area contributed by atoms with Crippen molar-refractivity contribution < 1.29 is 41.1 Å². The molecule has 122 valence electrons. The molecular formula is C11H11F2NO7S. The Morgan fingerprint density at radius 2 is 2.14 bits per heavy atom. The van der Waals surface area contributed by atoms with Gasteiger partial charge >= 0.3 is 21.3 Å². The van der Waals surface area contributed by atoms with Crippen LogP contribution in [-0.2, 0) is 24.4 Å². The van der Waals surface area contributed by atoms with Gasteiger partial charge in [0.15, 0.2) is 6.29 Å². The molecule has 2 bridgehead atoms. The molecule has 0 aromatic rings. The number of carbonyl (C=O) groups is 1. The number of hydrogen-bond acceptors (Lipinski definition) is 7. The number of ether oxygens (including phenoxy) is 2. The molecule has 0 aromatic heterocycles. The Morgan fingerprint density at radius 1 is 1.50 bits per heavy atom. The van der Waals surface area contributed by atoms with E-state index in [-0.39, 0.29) is 6.42 Å². The Morgan fingerprint density at radius 3 is 2.68 bits per heavy atom. The van der Waals surface area contributed by atoms with Crippen molar-refractivity contribution in [2.24, 2.45) is 17.3 Å². The number of nitriles is 1. The van der Waals surface area contributed by atoms with E-state index < -0.39 is 57.1 Å². The van der Waals surface area contributed by atoms with E-state index in [1.165, 1.54) is 0 Å². The summed E-state index contributed by atoms with van der Waals surface area (Å²) in [6, 6.07) is 1.98. The first-order valence-electron chi connectivity index (χ1n) is 6.35. The molecule has 8 nitrogen and oxygen atoms in total. The van der Waals surface area contributed by atoms with E-state index in [1.807, 2.05) is 6.07 Å². The smallest absolute Gasteiger partial charge is 0.454 e. The Balaban J connectivity index is 1.81. The number of aliphatic hydroxyl groups is 1. The summed E-state index contributed by atoms with van der Waals surface area (Å²) in [7, 11) is -5.95. The molecule has 6 unspecified atom stereocenters. The van der Waals surface area contributed by atoms with E-state index in [9.17, 15) is 32.4 Å². The van der Waals surface area contributed by atoms with Gasteiger partial charge in [0, 0.05) is 11.8 Å². The topological polar surface area (TPSA) is 134 Å². The highest BCUT2D eigenvalue weighted by atomic mass is 32.2. The summed E-state index contributed by atoms with van der Waals surface area (Å²) in [6.07, 6.45) is -3.12. The number of nitrogens with zero attached hydrogens (tertiary/aromatic N) is 1. The third-order valence-electron chi connectivity index (χ3n) is 4.74. The number of alkyl halides is 2. The van der Waals surface area contributed by atoms with Crippen LogP contribution in [0, 0.1) is 28.6 Å². The van der Waals surface area contributed by atoms with Crippen molar-refractivity contribution in [2.75, 3.05) is 0 Å². The predicted octanol–water partition coefficient (Wildman–Crippen LogP) is -0.354. The van der Waals surface area contributed by atoms with Gasteiger partial charge in [-0.3, -0.25) is 4.55 Å². The summed E-state index contributed by atoms with van der Waals surface area (Å²) in [4.78, 5) is 11.4. The summed E-state index contributed by atoms with van der Waals surface area (Å²) in [6.45, 7) is 0. The van der Waals surface area contributed by atoms with Crippen LogP contribution in [0.4, 0.5) is 8.78 Å². The number of fused-ring (bicyclic) bond motifs is 1. The van der Waals surface area contributed by atoms with Gasteiger partial charge in [0.1, 0.15) is 17.6 Å². The van der Waals surface area contributed by atoms with E-state index in [0.717, 1.165) is 0 Å². The molecule has 3 aliphatic rings. The second kappa shape index (κ2) is 4.35. The molecule has 1 aliphatic heterocycles. The standard InChI is InChI=1S/C11H11F2NO7S/c12-11(13,22(17,18)19)9(16)20-6-4-1-5-7(6)21-8(15)10(5,2-4)3-14/h4-8,15H,1-2H2,(H,17,18,19). The lowest BCUT2D eigenvalue weighted by Crippen LogP contribution is -2.45. The quantitative estimate of drug-likeness (QED) is 0.526. The van der Waals surface area contributed by atoms with Gasteiger partial charge in [0.25, 0.3) is 0 Å². The normalized spacial score (nSPS) is 43.1. The third kappa shape index (κ3) is 1.75. The molecule has 3 rings (SSSR count). The zero-order valence-corrected chi connectivity index (χ0v) is 11.7. The van der Waals surface area contributed by atoms with Crippen LogP contribution in [0.15, 0.2) is 0 Å². The molecule has 0 amide bonds. The summed E-state index contributed by atoms with van der Waals surface area (Å²) >= 11 is 0. The van der Waals surface area contributed by atoms with Crippen molar-refractivity contribution >= 4 is 16.1 Å². The van der Waals surface area contributed by atoms with Gasteiger partial charge in [-0.25, -0.2) is 4.79 Å². The zero-order chi connectivity index (χ0) is 16.5. The average Bonchev–Trinajstić information content (AvgIpc) is 2.99. The molecular weight excluding hydrogens is 328 g/mol. The van der Waals surface area contributed by atoms with Gasteiger partial charge < -0.3 is 14.6 Å². The highest BCUT2D eigenvalue weighted by Crippen LogP contribution is 2.63. The minimum Gasteiger partial charge on any atom is -0.454 e. The molecule has 1 saturated heterocycles. The van der Waals surface area contributed by atoms with Crippen LogP contribution in [0.2, 0.25) is 0 Å². The number of hydrogen-bond donors (Lipinski definition) is 2. The monoisotopic (exact) mass is 339 g/mol. The first-order chi connectivity index (χ1) is 10.0. The Labute approximate surface area is 123 Å². The molecule has 2 aliphatic carbocycles. The third-order valence-corrected chi connectivity index (χ3v) is 5.56. The van der Waals surface area contributed by atoms with E-state index in [1.54, 1.807) is 0 Å². The summed E-state index contributed by atoms with van der Waals surface area (Å²) in [5.41, 5.74) is -1.15. The second-order valence-corrected chi connectivity index (χ2v) is 7.24. The first kappa shape index (κ1) is 15.5. The van der Waals surface area contributed by atoms with Gasteiger partial charge in [-0.05, 0) is 12.8 Å². The fraction of sp³-hybridized carbons (Fsp3) is 0.818. The largest absolute Gasteiger partial charge is 0.465 e. The highest BCUT2D eigenvalue weighted by Gasteiger charge is 2.71. The number of carbonyl (C=O) groups excluding carboxylic acids is 1. The fourth-order valence-corrected chi connectivity index (χ4v) is 4.01. The van der Waals surface area contributed by atoms with Crippen LogP contribution in [-0.4, -0.2) is 47.8 Å². The lowest BCUT2D eigenvalue weighted by Gasteiger charge is -2.30. The summed E-state index contributed by atoms with van der Waals surface area (Å²) in [5, 5.41) is 13.9. The summed E-state index contributed by atoms with van der Waals surface area (Å²) < 4.78 is 65.6. The van der Waals surface area contributed by atoms with Crippen LogP contribution in [0.5, 0.6) is 0 Å². The Kier molecular flexibility index (Phi) is 3.07. The number of rotatable bonds is 3. The van der Waals surface area contributed by atoms with Crippen molar-refractivity contribution in [2.45, 2.75) is 36.6 Å².